The van der Waals surface area contributed by atoms with Gasteiger partial charge < -0.3 is 15.4 Å². The SMILES string of the molecule is CC(C)N(C(=O)CCOC(N)=O)c1cccc(Cl)c1. The van der Waals surface area contributed by atoms with Crippen LogP contribution >= 0.6 is 11.6 Å². The Hall–Kier alpha value is -1.75. The van der Waals surface area contributed by atoms with Crippen LogP contribution < -0.4 is 10.6 Å². The lowest BCUT2D eigenvalue weighted by Gasteiger charge is -2.27. The standard InChI is InChI=1S/C13H17ClN2O3/c1-9(2)16(11-5-3-4-10(14)8-11)12(17)6-7-19-13(15)18/h3-5,8-9H,6-7H2,1-2H3,(H2,15,18). The molecule has 1 aromatic carbocycles. The van der Waals surface area contributed by atoms with Crippen molar-refractivity contribution in [3.63, 3.8) is 0 Å². The summed E-state index contributed by atoms with van der Waals surface area (Å²) in [5.74, 6) is -0.154. The van der Waals surface area contributed by atoms with Gasteiger partial charge in [-0.3, -0.25) is 4.79 Å². The number of primary amides is 1. The van der Waals surface area contributed by atoms with E-state index in [0.717, 1.165) is 0 Å². The third-order valence-electron chi connectivity index (χ3n) is 2.43. The predicted octanol–water partition coefficient (Wildman–Crippen LogP) is 2.57. The smallest absolute Gasteiger partial charge is 0.404 e. The molecule has 0 radical (unpaired) electrons. The van der Waals surface area contributed by atoms with Gasteiger partial charge in [0.25, 0.3) is 0 Å². The van der Waals surface area contributed by atoms with Crippen LogP contribution in [0.1, 0.15) is 20.3 Å². The molecule has 6 heteroatoms. The third kappa shape index (κ3) is 4.79. The summed E-state index contributed by atoms with van der Waals surface area (Å²) < 4.78 is 4.57. The molecule has 0 bridgehead atoms. The number of rotatable bonds is 5. The van der Waals surface area contributed by atoms with Gasteiger partial charge in [-0.2, -0.15) is 0 Å². The molecule has 0 fully saturated rings. The third-order valence-corrected chi connectivity index (χ3v) is 2.67. The van der Waals surface area contributed by atoms with Gasteiger partial charge in [-0.1, -0.05) is 17.7 Å². The van der Waals surface area contributed by atoms with Crippen LogP contribution in [0.2, 0.25) is 5.02 Å². The summed E-state index contributed by atoms with van der Waals surface area (Å²) in [6, 6.07) is 7.01. The summed E-state index contributed by atoms with van der Waals surface area (Å²) in [6.45, 7) is 3.76. The number of carbonyl (C=O) groups is 2. The molecule has 104 valence electrons. The summed E-state index contributed by atoms with van der Waals surface area (Å²) in [7, 11) is 0. The number of amides is 2. The Bertz CT molecular complexity index is 463. The van der Waals surface area contributed by atoms with Crippen molar-refractivity contribution in [2.24, 2.45) is 5.73 Å². The van der Waals surface area contributed by atoms with Crippen molar-refractivity contribution >= 4 is 29.3 Å². The van der Waals surface area contributed by atoms with E-state index in [1.165, 1.54) is 0 Å². The van der Waals surface area contributed by atoms with E-state index in [0.29, 0.717) is 10.7 Å². The number of hydrogen-bond acceptors (Lipinski definition) is 3. The minimum Gasteiger partial charge on any atom is -0.449 e. The zero-order chi connectivity index (χ0) is 14.4. The van der Waals surface area contributed by atoms with Crippen LogP contribution in [0.25, 0.3) is 0 Å². The van der Waals surface area contributed by atoms with E-state index >= 15 is 0 Å². The summed E-state index contributed by atoms with van der Waals surface area (Å²) in [4.78, 5) is 24.2. The maximum absolute atomic E-state index is 12.1. The van der Waals surface area contributed by atoms with E-state index in [9.17, 15) is 9.59 Å². The van der Waals surface area contributed by atoms with Crippen molar-refractivity contribution in [1.29, 1.82) is 0 Å². The number of halogens is 1. The molecule has 0 spiro atoms. The molecule has 0 saturated carbocycles. The van der Waals surface area contributed by atoms with E-state index in [1.807, 2.05) is 13.8 Å². The highest BCUT2D eigenvalue weighted by molar-refractivity contribution is 6.30. The van der Waals surface area contributed by atoms with Gasteiger partial charge in [0.15, 0.2) is 0 Å². The topological polar surface area (TPSA) is 72.6 Å². The molecular formula is C13H17ClN2O3. The zero-order valence-corrected chi connectivity index (χ0v) is 11.7. The van der Waals surface area contributed by atoms with Crippen LogP contribution in [-0.4, -0.2) is 24.6 Å². The van der Waals surface area contributed by atoms with E-state index < -0.39 is 6.09 Å². The summed E-state index contributed by atoms with van der Waals surface area (Å²) in [6.07, 6.45) is -0.806. The van der Waals surface area contributed by atoms with Crippen LogP contribution in [0.3, 0.4) is 0 Å². The fourth-order valence-electron chi connectivity index (χ4n) is 1.72. The van der Waals surface area contributed by atoms with Gasteiger partial charge in [0, 0.05) is 16.8 Å². The first-order chi connectivity index (χ1) is 8.91. The van der Waals surface area contributed by atoms with Crippen LogP contribution in [0.15, 0.2) is 24.3 Å². The minimum absolute atomic E-state index is 0.0282. The Morgan fingerprint density at radius 3 is 2.63 bits per heavy atom. The van der Waals surface area contributed by atoms with Gasteiger partial charge in [-0.15, -0.1) is 0 Å². The van der Waals surface area contributed by atoms with Crippen molar-refractivity contribution in [3.05, 3.63) is 29.3 Å². The van der Waals surface area contributed by atoms with Crippen molar-refractivity contribution < 1.29 is 14.3 Å². The Morgan fingerprint density at radius 2 is 2.11 bits per heavy atom. The molecule has 2 N–H and O–H groups in total. The Kier molecular flexibility index (Phi) is 5.63. The Balaban J connectivity index is 2.77. The first-order valence-electron chi connectivity index (χ1n) is 5.91. The average molecular weight is 285 g/mol. The highest BCUT2D eigenvalue weighted by Gasteiger charge is 2.19. The maximum atomic E-state index is 12.1. The minimum atomic E-state index is -0.883. The van der Waals surface area contributed by atoms with Crippen molar-refractivity contribution in [2.75, 3.05) is 11.5 Å². The molecule has 0 heterocycles. The number of nitrogens with zero attached hydrogens (tertiary/aromatic N) is 1. The number of nitrogens with two attached hydrogens (primary N) is 1. The lowest BCUT2D eigenvalue weighted by atomic mass is 10.2. The summed E-state index contributed by atoms with van der Waals surface area (Å²) in [5, 5.41) is 0.560. The molecule has 0 aromatic heterocycles. The fraction of sp³-hybridized carbons (Fsp3) is 0.385. The molecular weight excluding hydrogens is 268 g/mol. The van der Waals surface area contributed by atoms with E-state index in [1.54, 1.807) is 29.2 Å². The number of benzene rings is 1. The van der Waals surface area contributed by atoms with Gasteiger partial charge in [0.1, 0.15) is 6.61 Å². The van der Waals surface area contributed by atoms with E-state index in [-0.39, 0.29) is 25.0 Å². The molecule has 0 aliphatic rings. The quantitative estimate of drug-likeness (QED) is 0.903. The highest BCUT2D eigenvalue weighted by Crippen LogP contribution is 2.22. The van der Waals surface area contributed by atoms with E-state index in [4.69, 9.17) is 17.3 Å². The molecule has 0 saturated heterocycles. The van der Waals surface area contributed by atoms with Crippen LogP contribution in [-0.2, 0) is 9.53 Å². The molecule has 0 atom stereocenters. The second kappa shape index (κ2) is 6.99. The predicted molar refractivity (Wildman–Crippen MR) is 74.2 cm³/mol. The Morgan fingerprint density at radius 1 is 1.42 bits per heavy atom. The largest absolute Gasteiger partial charge is 0.449 e. The van der Waals surface area contributed by atoms with Gasteiger partial charge >= 0.3 is 6.09 Å². The number of hydrogen-bond donors (Lipinski definition) is 1. The number of ether oxygens (including phenoxy) is 1. The van der Waals surface area contributed by atoms with Crippen molar-refractivity contribution in [2.45, 2.75) is 26.3 Å². The molecule has 2 amide bonds. The molecule has 5 nitrogen and oxygen atoms in total. The average Bonchev–Trinajstić information content (AvgIpc) is 2.28. The van der Waals surface area contributed by atoms with Crippen molar-refractivity contribution in [1.82, 2.24) is 0 Å². The Labute approximate surface area is 117 Å². The van der Waals surface area contributed by atoms with Crippen LogP contribution in [0.4, 0.5) is 10.5 Å². The van der Waals surface area contributed by atoms with Gasteiger partial charge in [-0.05, 0) is 32.0 Å². The molecule has 0 unspecified atom stereocenters. The van der Waals surface area contributed by atoms with Crippen LogP contribution in [0, 0.1) is 0 Å². The second-order valence-corrected chi connectivity index (χ2v) is 4.69. The number of anilines is 1. The first kappa shape index (κ1) is 15.3. The molecule has 0 aliphatic heterocycles. The fourth-order valence-corrected chi connectivity index (χ4v) is 1.90. The lowest BCUT2D eigenvalue weighted by molar-refractivity contribution is -0.119. The van der Waals surface area contributed by atoms with Gasteiger partial charge in [0.05, 0.1) is 6.42 Å². The zero-order valence-electron chi connectivity index (χ0n) is 10.9. The normalized spacial score (nSPS) is 10.3. The monoisotopic (exact) mass is 284 g/mol. The maximum Gasteiger partial charge on any atom is 0.404 e. The number of carbonyl (C=O) groups excluding carboxylic acids is 2. The summed E-state index contributed by atoms with van der Waals surface area (Å²) >= 11 is 5.92. The van der Waals surface area contributed by atoms with Crippen molar-refractivity contribution in [3.8, 4) is 0 Å². The van der Waals surface area contributed by atoms with Gasteiger partial charge in [0.2, 0.25) is 5.91 Å². The summed E-state index contributed by atoms with van der Waals surface area (Å²) in [5.41, 5.74) is 5.56. The lowest BCUT2D eigenvalue weighted by Crippen LogP contribution is -2.37. The van der Waals surface area contributed by atoms with E-state index in [2.05, 4.69) is 4.74 Å². The molecule has 1 aromatic rings. The van der Waals surface area contributed by atoms with Gasteiger partial charge in [-0.25, -0.2) is 4.79 Å². The molecule has 19 heavy (non-hydrogen) atoms. The van der Waals surface area contributed by atoms with Crippen LogP contribution in [0.5, 0.6) is 0 Å². The second-order valence-electron chi connectivity index (χ2n) is 4.25. The first-order valence-corrected chi connectivity index (χ1v) is 6.29. The molecule has 0 aliphatic carbocycles. The molecule has 1 rings (SSSR count). The highest BCUT2D eigenvalue weighted by atomic mass is 35.5.